The van der Waals surface area contributed by atoms with E-state index in [0.29, 0.717) is 5.56 Å². The van der Waals surface area contributed by atoms with E-state index in [1.807, 2.05) is 0 Å². The number of alkyl halides is 3. The van der Waals surface area contributed by atoms with E-state index in [9.17, 15) is 15.2 Å². The van der Waals surface area contributed by atoms with Crippen molar-refractivity contribution in [1.29, 1.82) is 0 Å². The van der Waals surface area contributed by atoms with E-state index >= 15 is 0 Å². The van der Waals surface area contributed by atoms with Gasteiger partial charge in [-0.1, -0.05) is 34.8 Å². The Morgan fingerprint density at radius 3 is 2.42 bits per heavy atom. The molecule has 0 amide bonds. The molecule has 104 valence electrons. The quantitative estimate of drug-likeness (QED) is 0.495. The van der Waals surface area contributed by atoms with Gasteiger partial charge in [0.1, 0.15) is 0 Å². The summed E-state index contributed by atoms with van der Waals surface area (Å²) >= 11 is 17.1. The highest BCUT2D eigenvalue weighted by atomic mass is 35.6. The average Bonchev–Trinajstić information content (AvgIpc) is 2.73. The third kappa shape index (κ3) is 3.10. The maximum atomic E-state index is 10.5. The van der Waals surface area contributed by atoms with Crippen molar-refractivity contribution in [3.05, 3.63) is 39.9 Å². The van der Waals surface area contributed by atoms with Crippen molar-refractivity contribution in [2.45, 2.75) is 22.0 Å². The van der Waals surface area contributed by atoms with Crippen LogP contribution in [-0.2, 0) is 10.6 Å². The summed E-state index contributed by atoms with van der Waals surface area (Å²) in [6.45, 7) is 0. The Balaban J connectivity index is 2.20. The van der Waals surface area contributed by atoms with E-state index in [0.717, 1.165) is 0 Å². The van der Waals surface area contributed by atoms with Crippen LogP contribution in [0.4, 0.5) is 5.69 Å². The van der Waals surface area contributed by atoms with Crippen LogP contribution in [-0.4, -0.2) is 19.9 Å². The first-order valence-corrected chi connectivity index (χ1v) is 6.33. The molecular weight excluding hydrogens is 318 g/mol. The summed E-state index contributed by atoms with van der Waals surface area (Å²) in [4.78, 5) is 15.1. The fourth-order valence-corrected chi connectivity index (χ4v) is 2.10. The molecule has 1 aliphatic rings. The number of hydrogen-bond acceptors (Lipinski definition) is 5. The summed E-state index contributed by atoms with van der Waals surface area (Å²) in [7, 11) is 0. The van der Waals surface area contributed by atoms with Crippen LogP contribution in [0, 0.1) is 10.1 Å². The first-order chi connectivity index (χ1) is 8.72. The van der Waals surface area contributed by atoms with Crippen LogP contribution in [0.25, 0.3) is 0 Å². The predicted molar refractivity (Wildman–Crippen MR) is 69.9 cm³/mol. The van der Waals surface area contributed by atoms with Gasteiger partial charge in [0.25, 0.3) is 5.69 Å². The van der Waals surface area contributed by atoms with Gasteiger partial charge in [0.2, 0.25) is 9.58 Å². The second-order valence-corrected chi connectivity index (χ2v) is 6.48. The van der Waals surface area contributed by atoms with Gasteiger partial charge < -0.3 is 5.11 Å². The lowest BCUT2D eigenvalue weighted by Crippen LogP contribution is -2.33. The van der Waals surface area contributed by atoms with Crippen LogP contribution in [0.2, 0.25) is 0 Å². The summed E-state index contributed by atoms with van der Waals surface area (Å²) in [5.41, 5.74) is 2.69. The molecule has 2 atom stereocenters. The lowest BCUT2D eigenvalue weighted by molar-refractivity contribution is -0.384. The fourth-order valence-electron chi connectivity index (χ4n) is 1.73. The highest BCUT2D eigenvalue weighted by molar-refractivity contribution is 6.68. The summed E-state index contributed by atoms with van der Waals surface area (Å²) < 4.78 is -1.63. The molecule has 0 bridgehead atoms. The van der Waals surface area contributed by atoms with E-state index in [4.69, 9.17) is 39.6 Å². The molecule has 2 rings (SSSR count). The van der Waals surface area contributed by atoms with Crippen molar-refractivity contribution in [3.8, 4) is 0 Å². The number of rotatable bonds is 2. The monoisotopic (exact) mass is 326 g/mol. The van der Waals surface area contributed by atoms with Crippen LogP contribution in [0.1, 0.15) is 12.0 Å². The molecule has 1 aromatic carbocycles. The molecule has 9 heteroatoms. The first-order valence-electron chi connectivity index (χ1n) is 5.20. The van der Waals surface area contributed by atoms with Crippen LogP contribution in [0.3, 0.4) is 0 Å². The topological polar surface area (TPSA) is 84.6 Å². The minimum absolute atomic E-state index is 0.00130. The van der Waals surface area contributed by atoms with E-state index in [1.54, 1.807) is 0 Å². The highest BCUT2D eigenvalue weighted by Crippen LogP contribution is 2.41. The van der Waals surface area contributed by atoms with Gasteiger partial charge in [0.05, 0.1) is 11.0 Å². The summed E-state index contributed by atoms with van der Waals surface area (Å²) in [6.07, 6.45) is 0.00130. The molecule has 0 spiro atoms. The number of nitrogens with zero attached hydrogens (tertiary/aromatic N) is 1. The third-order valence-corrected chi connectivity index (χ3v) is 3.57. The lowest BCUT2D eigenvalue weighted by atomic mass is 10.00. The lowest BCUT2D eigenvalue weighted by Gasteiger charge is -2.21. The molecule has 2 N–H and O–H groups in total. The molecule has 19 heavy (non-hydrogen) atoms. The normalized spacial score (nSPS) is 27.5. The fraction of sp³-hybridized carbons (Fsp3) is 0.400. The number of nitro benzene ring substituents is 1. The number of halogens is 3. The highest BCUT2D eigenvalue weighted by Gasteiger charge is 2.48. The molecule has 1 aliphatic heterocycles. The number of nitro groups is 1. The molecule has 1 fully saturated rings. The van der Waals surface area contributed by atoms with Crippen molar-refractivity contribution in [2.24, 2.45) is 0 Å². The molecule has 0 unspecified atom stereocenters. The maximum Gasteiger partial charge on any atom is 0.269 e. The molecular formula is C10H9Cl3N2O4. The van der Waals surface area contributed by atoms with E-state index in [-0.39, 0.29) is 12.1 Å². The van der Waals surface area contributed by atoms with Gasteiger partial charge in [0.15, 0.2) is 0 Å². The molecule has 0 radical (unpaired) electrons. The molecule has 0 aliphatic carbocycles. The zero-order valence-electron chi connectivity index (χ0n) is 9.35. The smallest absolute Gasteiger partial charge is 0.269 e. The minimum Gasteiger partial charge on any atom is -0.361 e. The van der Waals surface area contributed by atoms with Crippen molar-refractivity contribution in [2.75, 3.05) is 0 Å². The number of nitrogens with one attached hydrogen (secondary N) is 1. The Morgan fingerprint density at radius 1 is 1.42 bits per heavy atom. The van der Waals surface area contributed by atoms with Gasteiger partial charge in [-0.3, -0.25) is 15.0 Å². The van der Waals surface area contributed by atoms with Gasteiger partial charge >= 0.3 is 0 Å². The number of hydroxylamine groups is 1. The third-order valence-electron chi connectivity index (χ3n) is 2.78. The van der Waals surface area contributed by atoms with Gasteiger partial charge in [-0.05, 0) is 12.1 Å². The van der Waals surface area contributed by atoms with Crippen LogP contribution in [0.5, 0.6) is 0 Å². The van der Waals surface area contributed by atoms with Gasteiger partial charge in [0, 0.05) is 24.1 Å². The Labute approximate surface area is 123 Å². The number of non-ortho nitro benzene ring substituents is 1. The zero-order valence-corrected chi connectivity index (χ0v) is 11.6. The average molecular weight is 328 g/mol. The SMILES string of the molecule is O=[N+]([O-])c1ccc([C@@]2(O)C[C@@H](C(Cl)(Cl)Cl)NO2)cc1. The van der Waals surface area contributed by atoms with Crippen molar-refractivity contribution < 1.29 is 14.9 Å². The van der Waals surface area contributed by atoms with Crippen molar-refractivity contribution in [3.63, 3.8) is 0 Å². The predicted octanol–water partition coefficient (Wildman–Crippen LogP) is 2.40. The second kappa shape index (κ2) is 5.05. The second-order valence-electron chi connectivity index (χ2n) is 4.11. The maximum absolute atomic E-state index is 10.5. The standard InChI is InChI=1S/C10H9Cl3N2O4/c11-10(12,13)8-5-9(16,19-14-8)6-1-3-7(4-2-6)15(17)18/h1-4,8,14,16H,5H2/t8-,9+/m0/s1. The van der Waals surface area contributed by atoms with E-state index in [1.165, 1.54) is 24.3 Å². The minimum atomic E-state index is -1.69. The first kappa shape index (κ1) is 14.8. The van der Waals surface area contributed by atoms with Crippen LogP contribution >= 0.6 is 34.8 Å². The number of hydrogen-bond donors (Lipinski definition) is 2. The Kier molecular flexibility index (Phi) is 3.92. The molecule has 1 aromatic rings. The summed E-state index contributed by atoms with van der Waals surface area (Å²) in [5, 5.41) is 20.8. The largest absolute Gasteiger partial charge is 0.361 e. The van der Waals surface area contributed by atoms with Crippen LogP contribution < -0.4 is 5.48 Å². The van der Waals surface area contributed by atoms with E-state index in [2.05, 4.69) is 5.48 Å². The van der Waals surface area contributed by atoms with Gasteiger partial charge in [-0.2, -0.15) is 5.48 Å². The Morgan fingerprint density at radius 2 is 2.00 bits per heavy atom. The van der Waals surface area contributed by atoms with Gasteiger partial charge in [-0.15, -0.1) is 0 Å². The zero-order chi connectivity index (χ0) is 14.3. The van der Waals surface area contributed by atoms with E-state index < -0.39 is 20.5 Å². The number of aliphatic hydroxyl groups is 1. The van der Waals surface area contributed by atoms with Crippen molar-refractivity contribution >= 4 is 40.5 Å². The number of benzene rings is 1. The molecule has 0 saturated carbocycles. The molecule has 0 aromatic heterocycles. The van der Waals surface area contributed by atoms with Gasteiger partial charge in [-0.25, -0.2) is 0 Å². The summed E-state index contributed by atoms with van der Waals surface area (Å²) in [5.74, 6) is -1.69. The summed E-state index contributed by atoms with van der Waals surface area (Å²) in [6, 6.07) is 4.61. The molecule has 6 nitrogen and oxygen atoms in total. The van der Waals surface area contributed by atoms with Crippen molar-refractivity contribution in [1.82, 2.24) is 5.48 Å². The molecule has 1 heterocycles. The van der Waals surface area contributed by atoms with Crippen LogP contribution in [0.15, 0.2) is 24.3 Å². The molecule has 1 saturated heterocycles. The Bertz CT molecular complexity index is 491. The Hall–Kier alpha value is -0.630.